The zero-order chi connectivity index (χ0) is 36.1. The first-order chi connectivity index (χ1) is 24.7. The normalized spacial score (nSPS) is 17.6. The van der Waals surface area contributed by atoms with E-state index in [1.54, 1.807) is 21.6 Å². The summed E-state index contributed by atoms with van der Waals surface area (Å²) in [6.45, 7) is 3.68. The summed E-state index contributed by atoms with van der Waals surface area (Å²) < 4.78 is 12.3. The molecule has 1 fully saturated rings. The molecular weight excluding hydrogens is 687 g/mol. The van der Waals surface area contributed by atoms with Crippen LogP contribution in [0.4, 0.5) is 0 Å². The molecule has 51 heavy (non-hydrogen) atoms. The van der Waals surface area contributed by atoms with Gasteiger partial charge in [0.15, 0.2) is 5.76 Å². The van der Waals surface area contributed by atoms with E-state index in [4.69, 9.17) is 9.15 Å². The maximum Gasteiger partial charge on any atom is 0.238 e. The van der Waals surface area contributed by atoms with Crippen LogP contribution in [0.5, 0.6) is 23.0 Å². The van der Waals surface area contributed by atoms with Crippen LogP contribution in [0.3, 0.4) is 0 Å². The Kier molecular flexibility index (Phi) is 12.5. The molecule has 1 aliphatic heterocycles. The zero-order valence-electron chi connectivity index (χ0n) is 29.3. The molecule has 0 saturated heterocycles. The third kappa shape index (κ3) is 8.66. The second-order valence-corrected chi connectivity index (χ2v) is 16.7. The van der Waals surface area contributed by atoms with Crippen LogP contribution in [0.25, 0.3) is 22.3 Å². The average Bonchev–Trinajstić information content (AvgIpc) is 3.13. The fourth-order valence-corrected chi connectivity index (χ4v) is 9.69. The number of phenols is 2. The van der Waals surface area contributed by atoms with Crippen molar-refractivity contribution in [3.05, 3.63) is 80.5 Å². The minimum absolute atomic E-state index is 0.0110. The lowest BCUT2D eigenvalue weighted by Crippen LogP contribution is -2.35. The molecule has 1 saturated carbocycles. The summed E-state index contributed by atoms with van der Waals surface area (Å²) in [6.07, 6.45) is 7.12. The summed E-state index contributed by atoms with van der Waals surface area (Å²) >= 11 is 0. The smallest absolute Gasteiger partial charge is 0.238 e. The summed E-state index contributed by atoms with van der Waals surface area (Å²) in [5.41, 5.74) is 4.24. The molecule has 4 aromatic rings. The van der Waals surface area contributed by atoms with E-state index in [1.807, 2.05) is 6.07 Å². The lowest BCUT2D eigenvalue weighted by Gasteiger charge is -2.29. The van der Waals surface area contributed by atoms with Crippen LogP contribution in [-0.2, 0) is 18.6 Å². The molecule has 1 aliphatic carbocycles. The molecule has 3 aromatic carbocycles. The van der Waals surface area contributed by atoms with Crippen molar-refractivity contribution in [3.8, 4) is 34.3 Å². The highest BCUT2D eigenvalue weighted by Gasteiger charge is 2.28. The quantitative estimate of drug-likeness (QED) is 0.0840. The zero-order valence-corrected chi connectivity index (χ0v) is 31.0. The highest BCUT2D eigenvalue weighted by Crippen LogP contribution is 2.45. The van der Waals surface area contributed by atoms with Gasteiger partial charge in [0.25, 0.3) is 0 Å². The Balaban J connectivity index is 1.47. The van der Waals surface area contributed by atoms with Crippen molar-refractivity contribution < 1.29 is 34.7 Å². The summed E-state index contributed by atoms with van der Waals surface area (Å²) in [4.78, 5) is 14.0. The first kappa shape index (κ1) is 37.4. The van der Waals surface area contributed by atoms with Gasteiger partial charge >= 0.3 is 0 Å². The van der Waals surface area contributed by atoms with Crippen LogP contribution < -0.4 is 15.5 Å². The lowest BCUT2D eigenvalue weighted by atomic mass is 9.88. The van der Waals surface area contributed by atoms with Crippen LogP contribution in [0.15, 0.2) is 51.7 Å². The van der Waals surface area contributed by atoms with Crippen LogP contribution in [0.2, 0.25) is 0 Å². The largest absolute Gasteiger partial charge is 0.508 e. The Morgan fingerprint density at radius 3 is 2.53 bits per heavy atom. The van der Waals surface area contributed by atoms with E-state index >= 15 is 0 Å². The molecule has 2 unspecified atom stereocenters. The second-order valence-electron chi connectivity index (χ2n) is 14.2. The molecule has 2 aliphatic rings. The summed E-state index contributed by atoms with van der Waals surface area (Å²) in [6, 6.07) is 13.6. The van der Waals surface area contributed by atoms with Gasteiger partial charge in [-0.25, -0.2) is 0 Å². The molecule has 274 valence electrons. The highest BCUT2D eigenvalue weighted by molar-refractivity contribution is 8.76. The van der Waals surface area contributed by atoms with Gasteiger partial charge < -0.3 is 40.0 Å². The number of aliphatic hydroxyl groups is 2. The molecular formula is C40H49NO8S2. The van der Waals surface area contributed by atoms with E-state index in [0.29, 0.717) is 48.6 Å². The predicted octanol–water partition coefficient (Wildman–Crippen LogP) is 7.74. The number of benzene rings is 3. The number of rotatable bonds is 11. The lowest BCUT2D eigenvalue weighted by molar-refractivity contribution is 0.102. The Bertz CT molecular complexity index is 1890. The number of fused-ring (bicyclic) bond motifs is 4. The third-order valence-electron chi connectivity index (χ3n) is 9.87. The number of phenolic OH excluding ortho intramolecular Hbond substituents is 2. The van der Waals surface area contributed by atoms with Crippen molar-refractivity contribution in [2.24, 2.45) is 5.92 Å². The van der Waals surface area contributed by atoms with E-state index in [-0.39, 0.29) is 59.2 Å². The van der Waals surface area contributed by atoms with Crippen molar-refractivity contribution in [1.29, 1.82) is 0 Å². The number of aliphatic hydroxyl groups excluding tert-OH is 2. The van der Waals surface area contributed by atoms with Crippen molar-refractivity contribution >= 4 is 32.6 Å². The van der Waals surface area contributed by atoms with Gasteiger partial charge in [-0.15, -0.1) is 0 Å². The minimum atomic E-state index is -0.749. The molecule has 2 bridgehead atoms. The van der Waals surface area contributed by atoms with Gasteiger partial charge in [-0.05, 0) is 66.3 Å². The van der Waals surface area contributed by atoms with Crippen molar-refractivity contribution in [3.63, 3.8) is 0 Å². The van der Waals surface area contributed by atoms with Gasteiger partial charge in [0, 0.05) is 59.9 Å². The van der Waals surface area contributed by atoms with Crippen LogP contribution in [0.1, 0.15) is 92.7 Å². The number of hydrogen-bond acceptors (Lipinski definition) is 11. The van der Waals surface area contributed by atoms with Gasteiger partial charge in [-0.2, -0.15) is 0 Å². The SMILES string of the molecule is CC(C)Cc1cc(-c2oc3cc(O)cc(OC(CO)CCCO)c3c(=O)c2O)c2c(c1O)Cc1cccc(c1)C(NC1CCCCC1)CSSC2. The van der Waals surface area contributed by atoms with Gasteiger partial charge in [0.1, 0.15) is 34.3 Å². The monoisotopic (exact) mass is 735 g/mol. The van der Waals surface area contributed by atoms with E-state index in [2.05, 4.69) is 43.4 Å². The summed E-state index contributed by atoms with van der Waals surface area (Å²) in [5.74, 6) is 0.843. The molecule has 6 N–H and O–H groups in total. The Labute approximate surface area is 306 Å². The van der Waals surface area contributed by atoms with Crippen LogP contribution in [-0.4, -0.2) is 56.6 Å². The maximum absolute atomic E-state index is 14.0. The average molecular weight is 736 g/mol. The molecule has 0 spiro atoms. The van der Waals surface area contributed by atoms with Gasteiger partial charge in [0.2, 0.25) is 11.2 Å². The molecule has 2 heterocycles. The number of ether oxygens (including phenoxy) is 1. The first-order valence-corrected chi connectivity index (χ1v) is 20.5. The molecule has 6 rings (SSSR count). The number of aromatic hydroxyl groups is 3. The fraction of sp³-hybridized carbons (Fsp3) is 0.475. The van der Waals surface area contributed by atoms with Gasteiger partial charge in [0.05, 0.1) is 6.61 Å². The third-order valence-corrected chi connectivity index (χ3v) is 12.2. The Morgan fingerprint density at radius 1 is 0.980 bits per heavy atom. The summed E-state index contributed by atoms with van der Waals surface area (Å²) in [5, 5.41) is 57.2. The molecule has 11 heteroatoms. The van der Waals surface area contributed by atoms with Gasteiger partial charge in [-0.3, -0.25) is 4.79 Å². The van der Waals surface area contributed by atoms with Crippen molar-refractivity contribution in [2.75, 3.05) is 19.0 Å². The van der Waals surface area contributed by atoms with Crippen molar-refractivity contribution in [1.82, 2.24) is 5.32 Å². The number of hydrogen-bond donors (Lipinski definition) is 6. The Hall–Kier alpha value is -3.35. The van der Waals surface area contributed by atoms with Crippen LogP contribution >= 0.6 is 21.6 Å². The maximum atomic E-state index is 14.0. The fourth-order valence-electron chi connectivity index (χ4n) is 7.34. The Morgan fingerprint density at radius 2 is 1.78 bits per heavy atom. The van der Waals surface area contributed by atoms with E-state index in [0.717, 1.165) is 22.4 Å². The molecule has 1 aromatic heterocycles. The topological polar surface area (TPSA) is 153 Å². The first-order valence-electron chi connectivity index (χ1n) is 18.0. The highest BCUT2D eigenvalue weighted by atomic mass is 33.1. The second kappa shape index (κ2) is 17.0. The molecule has 0 radical (unpaired) electrons. The van der Waals surface area contributed by atoms with E-state index < -0.39 is 17.3 Å². The van der Waals surface area contributed by atoms with Crippen LogP contribution in [0, 0.1) is 5.92 Å². The predicted molar refractivity (Wildman–Crippen MR) is 205 cm³/mol. The summed E-state index contributed by atoms with van der Waals surface area (Å²) in [7, 11) is 3.42. The molecule has 0 amide bonds. The standard InChI is InChI=1S/C40H49NO8S2/c1-23(2)14-26-17-31(40-39(47)38(46)36-34(18-28(44)19-35(36)49-40)48-29(20-43)12-7-13-42)32-21-50-51-22-33(41-27-10-4-3-5-11-27)25-9-6-8-24(15-25)16-30(32)37(26)45/h6,8-9,15,17-19,23,27,29,33,41-45,47H,3-5,7,10-14,16,20-22H2,1-2H3. The van der Waals surface area contributed by atoms with E-state index in [1.165, 1.54) is 49.8 Å². The van der Waals surface area contributed by atoms with Crippen molar-refractivity contribution in [2.45, 2.75) is 95.6 Å². The molecule has 9 nitrogen and oxygen atoms in total. The van der Waals surface area contributed by atoms with E-state index in [9.17, 15) is 30.3 Å². The number of nitrogens with one attached hydrogen (secondary N) is 1. The van der Waals surface area contributed by atoms with Gasteiger partial charge in [-0.1, -0.05) is 79.0 Å². The molecule has 2 atom stereocenters. The minimum Gasteiger partial charge on any atom is -0.508 e.